The number of cyclic esters (lactones) is 4. The van der Waals surface area contributed by atoms with Crippen LogP contribution in [0.2, 0.25) is 0 Å². The maximum absolute atomic E-state index is 13.7. The zero-order valence-corrected chi connectivity index (χ0v) is 11.8. The number of carbonyl (C=O) groups is 4. The minimum absolute atomic E-state index is 0.236. The normalized spacial score (nSPS) is 29.8. The van der Waals surface area contributed by atoms with Crippen LogP contribution in [0, 0.1) is 11.3 Å². The van der Waals surface area contributed by atoms with Gasteiger partial charge in [0.25, 0.3) is 0 Å². The first kappa shape index (κ1) is 17.2. The molecule has 3 aliphatic rings. The van der Waals surface area contributed by atoms with Crippen molar-refractivity contribution in [1.82, 2.24) is 0 Å². The fourth-order valence-electron chi connectivity index (χ4n) is 3.18. The molecule has 12 heteroatoms. The molecule has 0 aromatic rings. The van der Waals surface area contributed by atoms with Gasteiger partial charge in [-0.05, 0) is 6.92 Å². The highest BCUT2D eigenvalue weighted by Crippen LogP contribution is 2.61. The Balaban J connectivity index is 2.51. The second-order valence-corrected chi connectivity index (χ2v) is 5.56. The van der Waals surface area contributed by atoms with Crippen molar-refractivity contribution in [2.24, 2.45) is 11.3 Å². The lowest BCUT2D eigenvalue weighted by atomic mass is 9.62. The Bertz CT molecular complexity index is 829. The topological polar surface area (TPSA) is 86.7 Å². The van der Waals surface area contributed by atoms with E-state index in [9.17, 15) is 45.5 Å². The highest BCUT2D eigenvalue weighted by atomic mass is 19.4. The summed E-state index contributed by atoms with van der Waals surface area (Å²) in [6.07, 6.45) is -11.0. The van der Waals surface area contributed by atoms with E-state index in [1.54, 1.807) is 0 Å². The zero-order valence-electron chi connectivity index (χ0n) is 11.8. The van der Waals surface area contributed by atoms with Crippen LogP contribution in [0.3, 0.4) is 0 Å². The van der Waals surface area contributed by atoms with Gasteiger partial charge in [0.15, 0.2) is 0 Å². The van der Waals surface area contributed by atoms with Gasteiger partial charge < -0.3 is 9.47 Å². The van der Waals surface area contributed by atoms with Crippen LogP contribution in [0.5, 0.6) is 0 Å². The second-order valence-electron chi connectivity index (χ2n) is 5.56. The zero-order chi connectivity index (χ0) is 19.1. The number of hydrogen-bond acceptors (Lipinski definition) is 6. The second kappa shape index (κ2) is 4.49. The van der Waals surface area contributed by atoms with E-state index in [0.29, 0.717) is 0 Å². The molecule has 1 saturated heterocycles. The lowest BCUT2D eigenvalue weighted by Crippen LogP contribution is -2.50. The van der Waals surface area contributed by atoms with Gasteiger partial charge in [0.05, 0.1) is 22.3 Å². The molecule has 0 spiro atoms. The average Bonchev–Trinajstić information content (AvgIpc) is 2.86. The van der Waals surface area contributed by atoms with Gasteiger partial charge in [-0.1, -0.05) is 0 Å². The third-order valence-electron chi connectivity index (χ3n) is 4.27. The molecule has 2 aliphatic heterocycles. The van der Waals surface area contributed by atoms with Crippen LogP contribution in [-0.2, 0) is 28.7 Å². The summed E-state index contributed by atoms with van der Waals surface area (Å²) in [5, 5.41) is 0. The van der Waals surface area contributed by atoms with Crippen molar-refractivity contribution in [2.45, 2.75) is 19.3 Å². The molecule has 1 aliphatic carbocycles. The molecule has 3 rings (SSSR count). The SMILES string of the molecule is CC1(C(F)(F)F)C2=C(C(=O)OC2=O)C(C(F)(F)F)=C2C(=O)OC(=O)C21. The van der Waals surface area contributed by atoms with Crippen LogP contribution in [0.4, 0.5) is 26.3 Å². The van der Waals surface area contributed by atoms with Crippen LogP contribution in [0.25, 0.3) is 0 Å². The number of alkyl halides is 6. The summed E-state index contributed by atoms with van der Waals surface area (Å²) in [6.45, 7) is 0.236. The first-order valence-electron chi connectivity index (χ1n) is 6.38. The van der Waals surface area contributed by atoms with Gasteiger partial charge in [0.2, 0.25) is 0 Å². The molecule has 0 bridgehead atoms. The van der Waals surface area contributed by atoms with Crippen LogP contribution in [0.15, 0.2) is 22.3 Å². The Morgan fingerprint density at radius 1 is 0.880 bits per heavy atom. The molecule has 2 unspecified atom stereocenters. The van der Waals surface area contributed by atoms with Crippen molar-refractivity contribution < 1.29 is 55.0 Å². The molecule has 25 heavy (non-hydrogen) atoms. The third kappa shape index (κ3) is 1.93. The number of ether oxygens (including phenoxy) is 2. The molecule has 0 N–H and O–H groups in total. The van der Waals surface area contributed by atoms with Gasteiger partial charge in [0, 0.05) is 0 Å². The monoisotopic (exact) mass is 370 g/mol. The Hall–Kier alpha value is -2.66. The molecule has 0 aromatic heterocycles. The van der Waals surface area contributed by atoms with Crippen LogP contribution >= 0.6 is 0 Å². The van der Waals surface area contributed by atoms with E-state index in [-0.39, 0.29) is 6.92 Å². The minimum Gasteiger partial charge on any atom is -0.389 e. The highest BCUT2D eigenvalue weighted by molar-refractivity contribution is 6.20. The van der Waals surface area contributed by atoms with Crippen LogP contribution < -0.4 is 0 Å². The fraction of sp³-hybridized carbons (Fsp3) is 0.385. The molecule has 2 heterocycles. The molecule has 1 fully saturated rings. The largest absolute Gasteiger partial charge is 0.417 e. The number of halogens is 6. The van der Waals surface area contributed by atoms with Crippen LogP contribution in [0.1, 0.15) is 6.92 Å². The van der Waals surface area contributed by atoms with Crippen LogP contribution in [-0.4, -0.2) is 36.2 Å². The van der Waals surface area contributed by atoms with Gasteiger partial charge in [-0.3, -0.25) is 4.79 Å². The standard InChI is InChI=1S/C13H4F6O6/c1-11(13(17,18)19)5-2(7(20)24-9(5)22)4(12(14,15)16)3-6(11)10(23)25-8(3)21/h5H,1H3. The Morgan fingerprint density at radius 3 is 1.92 bits per heavy atom. The summed E-state index contributed by atoms with van der Waals surface area (Å²) in [5.74, 6) is -10.6. The van der Waals surface area contributed by atoms with Gasteiger partial charge >= 0.3 is 36.2 Å². The lowest BCUT2D eigenvalue weighted by Gasteiger charge is -2.38. The molecule has 134 valence electrons. The first-order valence-corrected chi connectivity index (χ1v) is 6.38. The predicted octanol–water partition coefficient (Wildman–Crippen LogP) is 1.51. The minimum atomic E-state index is -5.52. The van der Waals surface area contributed by atoms with Crippen molar-refractivity contribution in [2.75, 3.05) is 0 Å². The van der Waals surface area contributed by atoms with Gasteiger partial charge in [-0.2, -0.15) is 26.3 Å². The fourth-order valence-corrected chi connectivity index (χ4v) is 3.18. The van der Waals surface area contributed by atoms with E-state index in [1.807, 2.05) is 0 Å². The molecule has 0 radical (unpaired) electrons. The number of rotatable bonds is 0. The Morgan fingerprint density at radius 2 is 1.44 bits per heavy atom. The van der Waals surface area contributed by atoms with Gasteiger partial charge in [-0.15, -0.1) is 0 Å². The molecule has 0 aromatic carbocycles. The molecule has 2 atom stereocenters. The summed E-state index contributed by atoms with van der Waals surface area (Å²) in [5.41, 5.74) is -10.8. The van der Waals surface area contributed by atoms with Crippen molar-refractivity contribution in [3.8, 4) is 0 Å². The summed E-state index contributed by atoms with van der Waals surface area (Å²) >= 11 is 0. The quantitative estimate of drug-likeness (QED) is 0.365. The summed E-state index contributed by atoms with van der Waals surface area (Å²) in [4.78, 5) is 46.7. The molecule has 0 saturated carbocycles. The Kier molecular flexibility index (Phi) is 3.08. The Labute approximate surface area is 133 Å². The van der Waals surface area contributed by atoms with E-state index in [2.05, 4.69) is 9.47 Å². The van der Waals surface area contributed by atoms with Crippen molar-refractivity contribution in [3.05, 3.63) is 22.3 Å². The lowest BCUT2D eigenvalue weighted by molar-refractivity contribution is -0.220. The van der Waals surface area contributed by atoms with Gasteiger partial charge in [0.1, 0.15) is 11.3 Å². The summed E-state index contributed by atoms with van der Waals surface area (Å²) < 4.78 is 88.9. The summed E-state index contributed by atoms with van der Waals surface area (Å²) in [7, 11) is 0. The van der Waals surface area contributed by atoms with E-state index in [0.717, 1.165) is 0 Å². The number of fused-ring (bicyclic) bond motifs is 1. The maximum atomic E-state index is 13.7. The molecular weight excluding hydrogens is 366 g/mol. The van der Waals surface area contributed by atoms with Crippen molar-refractivity contribution in [1.29, 1.82) is 0 Å². The summed E-state index contributed by atoms with van der Waals surface area (Å²) in [6, 6.07) is 0. The van der Waals surface area contributed by atoms with Crippen molar-refractivity contribution >= 4 is 23.9 Å². The maximum Gasteiger partial charge on any atom is 0.417 e. The first-order chi connectivity index (χ1) is 11.2. The van der Waals surface area contributed by atoms with Crippen molar-refractivity contribution in [3.63, 3.8) is 0 Å². The number of carbonyl (C=O) groups excluding carboxylic acids is 4. The number of esters is 4. The third-order valence-corrected chi connectivity index (χ3v) is 4.27. The molecule has 6 nitrogen and oxygen atoms in total. The van der Waals surface area contributed by atoms with E-state index in [1.165, 1.54) is 0 Å². The number of hydrogen-bond donors (Lipinski definition) is 0. The smallest absolute Gasteiger partial charge is 0.389 e. The van der Waals surface area contributed by atoms with E-state index >= 15 is 0 Å². The van der Waals surface area contributed by atoms with Gasteiger partial charge in [-0.25, -0.2) is 14.4 Å². The predicted molar refractivity (Wildman–Crippen MR) is 60.0 cm³/mol. The molecular formula is C13H4F6O6. The van der Waals surface area contributed by atoms with E-state index < -0.39 is 69.9 Å². The average molecular weight is 370 g/mol. The van der Waals surface area contributed by atoms with E-state index in [4.69, 9.17) is 0 Å². The molecule has 0 amide bonds. The highest BCUT2D eigenvalue weighted by Gasteiger charge is 2.73.